The number of nitrogens with zero attached hydrogens (tertiary/aromatic N) is 1. The first-order valence-corrected chi connectivity index (χ1v) is 8.76. The minimum atomic E-state index is -3.07. The second-order valence-corrected chi connectivity index (χ2v) is 7.60. The van der Waals surface area contributed by atoms with Crippen molar-refractivity contribution >= 4 is 15.7 Å². The van der Waals surface area contributed by atoms with Gasteiger partial charge in [0.05, 0.1) is 24.2 Å². The van der Waals surface area contributed by atoms with Crippen molar-refractivity contribution in [1.29, 1.82) is 0 Å². The molecule has 3 atom stereocenters. The highest BCUT2D eigenvalue weighted by atomic mass is 32.2. The number of nitrogens with two attached hydrogens (primary N) is 1. The van der Waals surface area contributed by atoms with Gasteiger partial charge in [0.15, 0.2) is 9.84 Å². The molecule has 0 saturated carbocycles. The van der Waals surface area contributed by atoms with Crippen LogP contribution in [-0.4, -0.2) is 73.8 Å². The molecule has 3 unspecified atom stereocenters. The molecule has 2 heterocycles. The monoisotopic (exact) mass is 306 g/mol. The zero-order chi connectivity index (χ0) is 14.8. The Balaban J connectivity index is 2.03. The van der Waals surface area contributed by atoms with Gasteiger partial charge in [-0.2, -0.15) is 0 Å². The van der Waals surface area contributed by atoms with Gasteiger partial charge in [0, 0.05) is 19.1 Å². The Morgan fingerprint density at radius 3 is 2.60 bits per heavy atom. The van der Waals surface area contributed by atoms with Crippen molar-refractivity contribution in [3.8, 4) is 0 Å². The van der Waals surface area contributed by atoms with Gasteiger partial charge < -0.3 is 20.5 Å². The summed E-state index contributed by atoms with van der Waals surface area (Å²) >= 11 is 0. The molecule has 0 aliphatic carbocycles. The number of aliphatic hydroxyl groups excluding tert-OH is 1. The number of amides is 1. The second-order valence-electron chi connectivity index (χ2n) is 5.37. The number of sulfone groups is 1. The van der Waals surface area contributed by atoms with Gasteiger partial charge in [-0.25, -0.2) is 8.42 Å². The fourth-order valence-corrected chi connectivity index (χ4v) is 4.58. The lowest BCUT2D eigenvalue weighted by molar-refractivity contribution is -0.145. The van der Waals surface area contributed by atoms with Gasteiger partial charge in [0.1, 0.15) is 6.10 Å². The van der Waals surface area contributed by atoms with Crippen molar-refractivity contribution in [2.24, 2.45) is 5.73 Å². The smallest absolute Gasteiger partial charge is 0.252 e. The maximum absolute atomic E-state index is 12.4. The average Bonchev–Trinajstić information content (AvgIpc) is 3.01. The SMILES string of the molecule is NCC1CCC(C(=O)N(CCO)C2CCS(=O)(=O)C2)O1. The first-order chi connectivity index (χ1) is 9.46. The summed E-state index contributed by atoms with van der Waals surface area (Å²) in [6.45, 7) is 0.336. The molecular formula is C12H22N2O5S. The van der Waals surface area contributed by atoms with E-state index in [-0.39, 0.29) is 42.7 Å². The highest BCUT2D eigenvalue weighted by Crippen LogP contribution is 2.24. The van der Waals surface area contributed by atoms with Crippen LogP contribution in [0.2, 0.25) is 0 Å². The van der Waals surface area contributed by atoms with Crippen LogP contribution in [0.3, 0.4) is 0 Å². The normalized spacial score (nSPS) is 32.4. The van der Waals surface area contributed by atoms with Gasteiger partial charge in [-0.1, -0.05) is 0 Å². The lowest BCUT2D eigenvalue weighted by Crippen LogP contribution is -2.47. The molecule has 0 bridgehead atoms. The lowest BCUT2D eigenvalue weighted by Gasteiger charge is -2.30. The van der Waals surface area contributed by atoms with Crippen molar-refractivity contribution in [3.05, 3.63) is 0 Å². The van der Waals surface area contributed by atoms with Crippen LogP contribution in [0.25, 0.3) is 0 Å². The minimum absolute atomic E-state index is 0.0220. The van der Waals surface area contributed by atoms with Gasteiger partial charge in [0.2, 0.25) is 0 Å². The summed E-state index contributed by atoms with van der Waals surface area (Å²) in [5, 5.41) is 9.11. The largest absolute Gasteiger partial charge is 0.395 e. The van der Waals surface area contributed by atoms with E-state index < -0.39 is 15.9 Å². The van der Waals surface area contributed by atoms with Crippen LogP contribution < -0.4 is 5.73 Å². The molecule has 0 aromatic rings. The van der Waals surface area contributed by atoms with Crippen molar-refractivity contribution < 1.29 is 23.1 Å². The van der Waals surface area contributed by atoms with Crippen molar-refractivity contribution in [2.75, 3.05) is 31.2 Å². The predicted molar refractivity (Wildman–Crippen MR) is 72.8 cm³/mol. The van der Waals surface area contributed by atoms with Gasteiger partial charge in [-0.05, 0) is 19.3 Å². The third-order valence-electron chi connectivity index (χ3n) is 3.92. The summed E-state index contributed by atoms with van der Waals surface area (Å²) < 4.78 is 28.7. The topological polar surface area (TPSA) is 110 Å². The standard InChI is InChI=1S/C12H22N2O5S/c13-7-10-1-2-11(19-10)12(16)14(4-5-15)9-3-6-20(17,18)8-9/h9-11,15H,1-8,13H2. The molecule has 0 aromatic heterocycles. The Labute approximate surface area is 119 Å². The van der Waals surface area contributed by atoms with Crippen LogP contribution in [0, 0.1) is 0 Å². The van der Waals surface area contributed by atoms with Gasteiger partial charge in [0.25, 0.3) is 5.91 Å². The molecule has 0 radical (unpaired) electrons. The van der Waals surface area contributed by atoms with E-state index in [9.17, 15) is 13.2 Å². The fourth-order valence-electron chi connectivity index (χ4n) is 2.85. The van der Waals surface area contributed by atoms with E-state index in [0.29, 0.717) is 19.4 Å². The molecule has 2 fully saturated rings. The van der Waals surface area contributed by atoms with Crippen LogP contribution in [0.1, 0.15) is 19.3 Å². The lowest BCUT2D eigenvalue weighted by atomic mass is 10.1. The van der Waals surface area contributed by atoms with Gasteiger partial charge >= 0.3 is 0 Å². The molecule has 2 aliphatic rings. The van der Waals surface area contributed by atoms with E-state index in [1.54, 1.807) is 0 Å². The van der Waals surface area contributed by atoms with E-state index in [1.165, 1.54) is 4.90 Å². The summed E-state index contributed by atoms with van der Waals surface area (Å²) in [6.07, 6.45) is 1.11. The van der Waals surface area contributed by atoms with Crippen molar-refractivity contribution in [2.45, 2.75) is 37.5 Å². The number of rotatable bonds is 5. The Kier molecular flexibility index (Phi) is 5.00. The maximum Gasteiger partial charge on any atom is 0.252 e. The summed E-state index contributed by atoms with van der Waals surface area (Å²) in [5.41, 5.74) is 5.52. The number of hydrogen-bond acceptors (Lipinski definition) is 6. The Hall–Kier alpha value is -0.700. The van der Waals surface area contributed by atoms with E-state index in [1.807, 2.05) is 0 Å². The zero-order valence-electron chi connectivity index (χ0n) is 11.4. The van der Waals surface area contributed by atoms with Gasteiger partial charge in [-0.3, -0.25) is 4.79 Å². The molecule has 3 N–H and O–H groups in total. The first-order valence-electron chi connectivity index (χ1n) is 6.94. The third-order valence-corrected chi connectivity index (χ3v) is 5.67. The van der Waals surface area contributed by atoms with E-state index >= 15 is 0 Å². The summed E-state index contributed by atoms with van der Waals surface area (Å²) in [7, 11) is -3.07. The Morgan fingerprint density at radius 2 is 2.10 bits per heavy atom. The maximum atomic E-state index is 12.4. The zero-order valence-corrected chi connectivity index (χ0v) is 12.2. The average molecular weight is 306 g/mol. The van der Waals surface area contributed by atoms with Crippen LogP contribution in [0.15, 0.2) is 0 Å². The highest BCUT2D eigenvalue weighted by Gasteiger charge is 2.39. The first kappa shape index (κ1) is 15.7. The summed E-state index contributed by atoms with van der Waals surface area (Å²) in [4.78, 5) is 13.9. The number of hydrogen-bond donors (Lipinski definition) is 2. The molecule has 0 spiro atoms. The minimum Gasteiger partial charge on any atom is -0.395 e. The molecule has 2 aliphatic heterocycles. The van der Waals surface area contributed by atoms with Crippen molar-refractivity contribution in [3.63, 3.8) is 0 Å². The second kappa shape index (κ2) is 6.38. The molecule has 2 saturated heterocycles. The molecule has 7 nitrogen and oxygen atoms in total. The molecule has 1 amide bonds. The van der Waals surface area contributed by atoms with Crippen molar-refractivity contribution in [1.82, 2.24) is 4.90 Å². The van der Waals surface area contributed by atoms with Gasteiger partial charge in [-0.15, -0.1) is 0 Å². The van der Waals surface area contributed by atoms with Crippen LogP contribution in [0.5, 0.6) is 0 Å². The number of carbonyl (C=O) groups excluding carboxylic acids is 1. The quantitative estimate of drug-likeness (QED) is 0.640. The number of carbonyl (C=O) groups is 1. The highest BCUT2D eigenvalue weighted by molar-refractivity contribution is 7.91. The summed E-state index contributed by atoms with van der Waals surface area (Å²) in [6, 6.07) is -0.347. The molecule has 20 heavy (non-hydrogen) atoms. The van der Waals surface area contributed by atoms with E-state index in [2.05, 4.69) is 0 Å². The Bertz CT molecular complexity index is 453. The molecule has 8 heteroatoms. The molecule has 0 aromatic carbocycles. The number of ether oxygens (including phenoxy) is 1. The molecule has 116 valence electrons. The summed E-state index contributed by atoms with van der Waals surface area (Å²) in [5.74, 6) is -0.146. The predicted octanol–water partition coefficient (Wildman–Crippen LogP) is -1.50. The fraction of sp³-hybridized carbons (Fsp3) is 0.917. The van der Waals surface area contributed by atoms with E-state index in [0.717, 1.165) is 6.42 Å². The number of aliphatic hydroxyl groups is 1. The van der Waals surface area contributed by atoms with E-state index in [4.69, 9.17) is 15.6 Å². The molecule has 2 rings (SSSR count). The third kappa shape index (κ3) is 3.49. The van der Waals surface area contributed by atoms with Crippen LogP contribution in [-0.2, 0) is 19.4 Å². The van der Waals surface area contributed by atoms with Crippen LogP contribution >= 0.6 is 0 Å². The Morgan fingerprint density at radius 1 is 1.35 bits per heavy atom. The molecular weight excluding hydrogens is 284 g/mol. The van der Waals surface area contributed by atoms with Crippen LogP contribution in [0.4, 0.5) is 0 Å².